The number of aromatic nitrogens is 1. The van der Waals surface area contributed by atoms with E-state index in [4.69, 9.17) is 14.6 Å². The minimum absolute atomic E-state index is 0.0521. The summed E-state index contributed by atoms with van der Waals surface area (Å²) in [4.78, 5) is 15.8. The molecule has 0 spiro atoms. The fourth-order valence-electron chi connectivity index (χ4n) is 1.88. The predicted molar refractivity (Wildman–Crippen MR) is 66.9 cm³/mol. The Morgan fingerprint density at radius 3 is 2.83 bits per heavy atom. The van der Waals surface area contributed by atoms with Crippen molar-refractivity contribution in [2.24, 2.45) is 5.92 Å². The Morgan fingerprint density at radius 2 is 2.33 bits per heavy atom. The third-order valence-electron chi connectivity index (χ3n) is 2.83. The Hall–Kier alpha value is -0.980. The Bertz CT molecular complexity index is 428. The van der Waals surface area contributed by atoms with Crippen LogP contribution in [0.4, 0.5) is 0 Å². The van der Waals surface area contributed by atoms with Crippen LogP contribution in [0.25, 0.3) is 0 Å². The third kappa shape index (κ3) is 2.88. The molecule has 1 fully saturated rings. The molecule has 1 aliphatic rings. The number of aromatic carboxylic acids is 1. The SMILES string of the molecule is CCOC(c1nc(COC)c(C(=O)O)s1)C1CC1. The molecule has 0 aromatic carbocycles. The number of thiazole rings is 1. The second kappa shape index (κ2) is 5.77. The molecule has 5 nitrogen and oxygen atoms in total. The zero-order chi connectivity index (χ0) is 13.1. The zero-order valence-corrected chi connectivity index (χ0v) is 11.3. The van der Waals surface area contributed by atoms with Gasteiger partial charge in [-0.25, -0.2) is 9.78 Å². The summed E-state index contributed by atoms with van der Waals surface area (Å²) >= 11 is 1.21. The lowest BCUT2D eigenvalue weighted by atomic mass is 10.2. The maximum Gasteiger partial charge on any atom is 0.347 e. The molecule has 1 aromatic heterocycles. The van der Waals surface area contributed by atoms with Crippen molar-refractivity contribution >= 4 is 17.3 Å². The van der Waals surface area contributed by atoms with Crippen LogP contribution in [-0.4, -0.2) is 29.8 Å². The summed E-state index contributed by atoms with van der Waals surface area (Å²) in [5.41, 5.74) is 0.496. The Morgan fingerprint density at radius 1 is 1.61 bits per heavy atom. The lowest BCUT2D eigenvalue weighted by Crippen LogP contribution is -2.06. The molecule has 0 saturated heterocycles. The highest BCUT2D eigenvalue weighted by atomic mass is 32.1. The van der Waals surface area contributed by atoms with Gasteiger partial charge >= 0.3 is 5.97 Å². The third-order valence-corrected chi connectivity index (χ3v) is 3.98. The number of nitrogens with zero attached hydrogens (tertiary/aromatic N) is 1. The van der Waals surface area contributed by atoms with Crippen LogP contribution in [0.15, 0.2) is 0 Å². The van der Waals surface area contributed by atoms with E-state index < -0.39 is 5.97 Å². The molecule has 0 amide bonds. The van der Waals surface area contributed by atoms with E-state index in [1.54, 1.807) is 0 Å². The molecule has 1 N–H and O–H groups in total. The van der Waals surface area contributed by atoms with Crippen LogP contribution < -0.4 is 0 Å². The molecule has 1 aromatic rings. The lowest BCUT2D eigenvalue weighted by Gasteiger charge is -2.12. The number of carboxylic acid groups (broad SMARTS) is 1. The van der Waals surface area contributed by atoms with Crippen molar-refractivity contribution in [2.45, 2.75) is 32.5 Å². The van der Waals surface area contributed by atoms with Gasteiger partial charge in [-0.05, 0) is 25.7 Å². The largest absolute Gasteiger partial charge is 0.477 e. The van der Waals surface area contributed by atoms with Crippen molar-refractivity contribution in [3.63, 3.8) is 0 Å². The van der Waals surface area contributed by atoms with Crippen LogP contribution in [-0.2, 0) is 16.1 Å². The van der Waals surface area contributed by atoms with Crippen molar-refractivity contribution in [2.75, 3.05) is 13.7 Å². The molecule has 1 saturated carbocycles. The smallest absolute Gasteiger partial charge is 0.347 e. The fraction of sp³-hybridized carbons (Fsp3) is 0.667. The second-order valence-electron chi connectivity index (χ2n) is 4.28. The van der Waals surface area contributed by atoms with Crippen LogP contribution in [0.5, 0.6) is 0 Å². The van der Waals surface area contributed by atoms with Crippen molar-refractivity contribution in [1.82, 2.24) is 4.98 Å². The minimum Gasteiger partial charge on any atom is -0.477 e. The second-order valence-corrected chi connectivity index (χ2v) is 5.31. The molecule has 1 aliphatic carbocycles. The summed E-state index contributed by atoms with van der Waals surface area (Å²) < 4.78 is 10.7. The van der Waals surface area contributed by atoms with Gasteiger partial charge in [0.15, 0.2) is 0 Å². The Balaban J connectivity index is 2.26. The predicted octanol–water partition coefficient (Wildman–Crippen LogP) is 2.48. The normalized spacial score (nSPS) is 16.8. The highest BCUT2D eigenvalue weighted by Crippen LogP contribution is 2.44. The fourth-order valence-corrected chi connectivity index (χ4v) is 2.93. The Labute approximate surface area is 110 Å². The van der Waals surface area contributed by atoms with Gasteiger partial charge in [-0.1, -0.05) is 0 Å². The first-order valence-electron chi connectivity index (χ1n) is 6.00. The highest BCUT2D eigenvalue weighted by molar-refractivity contribution is 7.13. The summed E-state index contributed by atoms with van der Waals surface area (Å²) in [5.74, 6) is -0.454. The van der Waals surface area contributed by atoms with Gasteiger partial charge in [0, 0.05) is 13.7 Å². The number of ether oxygens (including phenoxy) is 2. The molecule has 100 valence electrons. The van der Waals surface area contributed by atoms with Crippen molar-refractivity contribution < 1.29 is 19.4 Å². The van der Waals surface area contributed by atoms with E-state index in [0.29, 0.717) is 18.2 Å². The number of hydrogen-bond acceptors (Lipinski definition) is 5. The summed E-state index contributed by atoms with van der Waals surface area (Å²) in [7, 11) is 1.53. The van der Waals surface area contributed by atoms with Crippen molar-refractivity contribution in [1.29, 1.82) is 0 Å². The molecule has 2 rings (SSSR count). The lowest BCUT2D eigenvalue weighted by molar-refractivity contribution is 0.0459. The van der Waals surface area contributed by atoms with E-state index >= 15 is 0 Å². The molecule has 6 heteroatoms. The first-order chi connectivity index (χ1) is 8.67. The molecule has 1 heterocycles. The molecular formula is C12H17NO4S. The van der Waals surface area contributed by atoms with Gasteiger partial charge in [0.05, 0.1) is 12.3 Å². The van der Waals surface area contributed by atoms with Crippen LogP contribution in [0, 0.1) is 5.92 Å². The van der Waals surface area contributed by atoms with Gasteiger partial charge in [-0.3, -0.25) is 0 Å². The molecule has 1 atom stereocenters. The average Bonchev–Trinajstić information content (AvgIpc) is 3.07. The number of carboxylic acids is 1. The van der Waals surface area contributed by atoms with Crippen LogP contribution in [0.2, 0.25) is 0 Å². The summed E-state index contributed by atoms with van der Waals surface area (Å²) in [6, 6.07) is 0. The molecule has 0 radical (unpaired) electrons. The van der Waals surface area contributed by atoms with Gasteiger partial charge in [0.2, 0.25) is 0 Å². The summed E-state index contributed by atoms with van der Waals surface area (Å²) in [6.45, 7) is 2.78. The van der Waals surface area contributed by atoms with E-state index in [2.05, 4.69) is 4.98 Å². The molecule has 1 unspecified atom stereocenters. The summed E-state index contributed by atoms with van der Waals surface area (Å²) in [6.07, 6.45) is 2.21. The van der Waals surface area contributed by atoms with E-state index in [1.807, 2.05) is 6.92 Å². The standard InChI is InChI=1S/C12H17NO4S/c1-3-17-9(7-4-5-7)11-13-8(6-16-2)10(18-11)12(14)15/h7,9H,3-6H2,1-2H3,(H,14,15). The molecule has 0 aliphatic heterocycles. The number of carbonyl (C=O) groups is 1. The number of hydrogen-bond donors (Lipinski definition) is 1. The number of rotatable bonds is 7. The van der Waals surface area contributed by atoms with E-state index in [1.165, 1.54) is 18.4 Å². The maximum atomic E-state index is 11.1. The summed E-state index contributed by atoms with van der Waals surface area (Å²) in [5, 5.41) is 9.91. The average molecular weight is 271 g/mol. The van der Waals surface area contributed by atoms with E-state index in [-0.39, 0.29) is 17.6 Å². The monoisotopic (exact) mass is 271 g/mol. The molecule has 0 bridgehead atoms. The molecular weight excluding hydrogens is 254 g/mol. The topological polar surface area (TPSA) is 68.7 Å². The van der Waals surface area contributed by atoms with E-state index in [9.17, 15) is 4.79 Å². The zero-order valence-electron chi connectivity index (χ0n) is 10.5. The van der Waals surface area contributed by atoms with Gasteiger partial charge in [0.25, 0.3) is 0 Å². The van der Waals surface area contributed by atoms with Crippen molar-refractivity contribution in [3.05, 3.63) is 15.6 Å². The van der Waals surface area contributed by atoms with Gasteiger partial charge < -0.3 is 14.6 Å². The first-order valence-corrected chi connectivity index (χ1v) is 6.82. The van der Waals surface area contributed by atoms with Gasteiger partial charge in [-0.15, -0.1) is 11.3 Å². The first kappa shape index (κ1) is 13.5. The van der Waals surface area contributed by atoms with Gasteiger partial charge in [0.1, 0.15) is 16.0 Å². The van der Waals surface area contributed by atoms with Crippen LogP contribution in [0.1, 0.15) is 46.2 Å². The van der Waals surface area contributed by atoms with Crippen molar-refractivity contribution in [3.8, 4) is 0 Å². The van der Waals surface area contributed by atoms with Crippen LogP contribution >= 0.6 is 11.3 Å². The number of methoxy groups -OCH3 is 1. The van der Waals surface area contributed by atoms with Gasteiger partial charge in [-0.2, -0.15) is 0 Å². The maximum absolute atomic E-state index is 11.1. The van der Waals surface area contributed by atoms with E-state index in [0.717, 1.165) is 17.8 Å². The van der Waals surface area contributed by atoms with Crippen LogP contribution in [0.3, 0.4) is 0 Å². The molecule has 18 heavy (non-hydrogen) atoms. The quantitative estimate of drug-likeness (QED) is 0.825. The minimum atomic E-state index is -0.947. The Kier molecular flexibility index (Phi) is 4.31. The highest BCUT2D eigenvalue weighted by Gasteiger charge is 2.36.